The van der Waals surface area contributed by atoms with E-state index in [1.54, 1.807) is 13.3 Å². The van der Waals surface area contributed by atoms with Crippen molar-refractivity contribution >= 4 is 11.6 Å². The summed E-state index contributed by atoms with van der Waals surface area (Å²) in [5.41, 5.74) is 1.83. The van der Waals surface area contributed by atoms with E-state index in [1.807, 2.05) is 37.3 Å². The van der Waals surface area contributed by atoms with Crippen molar-refractivity contribution in [2.24, 2.45) is 0 Å². The van der Waals surface area contributed by atoms with Crippen LogP contribution in [0.5, 0.6) is 11.5 Å². The Hall–Kier alpha value is -1.62. The number of pyridine rings is 1. The van der Waals surface area contributed by atoms with Gasteiger partial charge in [-0.3, -0.25) is 4.98 Å². The van der Waals surface area contributed by atoms with E-state index in [-0.39, 0.29) is 0 Å². The molecule has 0 unspecified atom stereocenters. The van der Waals surface area contributed by atoms with E-state index < -0.39 is 0 Å². The second-order valence-electron chi connectivity index (χ2n) is 4.59. The van der Waals surface area contributed by atoms with Crippen LogP contribution in [0.1, 0.15) is 11.3 Å². The molecule has 1 N–H and O–H groups in total. The van der Waals surface area contributed by atoms with Crippen LogP contribution in [0.15, 0.2) is 36.5 Å². The van der Waals surface area contributed by atoms with Gasteiger partial charge in [0.2, 0.25) is 0 Å². The Morgan fingerprint density at radius 2 is 2.10 bits per heavy atom. The zero-order valence-corrected chi connectivity index (χ0v) is 13.0. The number of nitrogens with one attached hydrogen (secondary N) is 1. The summed E-state index contributed by atoms with van der Waals surface area (Å²) >= 11 is 6.27. The molecular formula is C16H19ClN2O2. The molecule has 0 aliphatic heterocycles. The van der Waals surface area contributed by atoms with Crippen LogP contribution in [-0.2, 0) is 11.3 Å². The minimum Gasteiger partial charge on any atom is -0.454 e. The fourth-order valence-corrected chi connectivity index (χ4v) is 2.12. The summed E-state index contributed by atoms with van der Waals surface area (Å²) in [5.74, 6) is 1.38. The molecular weight excluding hydrogens is 288 g/mol. The second kappa shape index (κ2) is 7.98. The van der Waals surface area contributed by atoms with Crippen LogP contribution in [0, 0.1) is 6.92 Å². The predicted octanol–water partition coefficient (Wildman–Crippen LogP) is 3.57. The molecule has 0 fully saturated rings. The Labute approximate surface area is 130 Å². The highest BCUT2D eigenvalue weighted by molar-refractivity contribution is 6.32. The van der Waals surface area contributed by atoms with Gasteiger partial charge in [-0.25, -0.2) is 0 Å². The Morgan fingerprint density at radius 1 is 1.24 bits per heavy atom. The normalized spacial score (nSPS) is 10.6. The molecule has 0 amide bonds. The molecule has 21 heavy (non-hydrogen) atoms. The molecule has 0 aliphatic carbocycles. The molecule has 0 spiro atoms. The van der Waals surface area contributed by atoms with Crippen molar-refractivity contribution in [3.8, 4) is 11.5 Å². The number of ether oxygens (including phenoxy) is 2. The van der Waals surface area contributed by atoms with Gasteiger partial charge in [-0.05, 0) is 25.1 Å². The highest BCUT2D eigenvalue weighted by atomic mass is 35.5. The molecule has 2 aromatic rings. The summed E-state index contributed by atoms with van der Waals surface area (Å²) in [6, 6.07) is 9.45. The van der Waals surface area contributed by atoms with Gasteiger partial charge in [0.05, 0.1) is 17.3 Å². The van der Waals surface area contributed by atoms with E-state index in [2.05, 4.69) is 10.3 Å². The fourth-order valence-electron chi connectivity index (χ4n) is 1.89. The number of rotatable bonds is 7. The second-order valence-corrected chi connectivity index (χ2v) is 4.99. The van der Waals surface area contributed by atoms with Crippen molar-refractivity contribution in [3.05, 3.63) is 52.8 Å². The zero-order chi connectivity index (χ0) is 15.1. The molecule has 5 heteroatoms. The lowest BCUT2D eigenvalue weighted by molar-refractivity contribution is 0.199. The van der Waals surface area contributed by atoms with Crippen molar-refractivity contribution < 1.29 is 9.47 Å². The fraction of sp³-hybridized carbons (Fsp3) is 0.312. The smallest absolute Gasteiger partial charge is 0.150 e. The maximum Gasteiger partial charge on any atom is 0.150 e. The van der Waals surface area contributed by atoms with Crippen molar-refractivity contribution in [2.45, 2.75) is 13.5 Å². The SMILES string of the molecule is COCCNCc1cccc(Cl)c1Oc1cccnc1C. The van der Waals surface area contributed by atoms with Gasteiger partial charge in [0.15, 0.2) is 5.75 Å². The zero-order valence-electron chi connectivity index (χ0n) is 12.2. The Kier molecular flexibility index (Phi) is 5.99. The van der Waals surface area contributed by atoms with E-state index in [0.29, 0.717) is 29.7 Å². The van der Waals surface area contributed by atoms with Gasteiger partial charge in [-0.1, -0.05) is 23.7 Å². The molecule has 0 aliphatic rings. The summed E-state index contributed by atoms with van der Waals surface area (Å²) in [6.45, 7) is 4.01. The molecule has 1 heterocycles. The van der Waals surface area contributed by atoms with Crippen molar-refractivity contribution in [1.29, 1.82) is 0 Å². The Balaban J connectivity index is 2.16. The quantitative estimate of drug-likeness (QED) is 0.794. The van der Waals surface area contributed by atoms with E-state index in [4.69, 9.17) is 21.1 Å². The number of benzene rings is 1. The maximum atomic E-state index is 6.27. The van der Waals surface area contributed by atoms with Gasteiger partial charge in [-0.15, -0.1) is 0 Å². The van der Waals surface area contributed by atoms with Crippen LogP contribution < -0.4 is 10.1 Å². The summed E-state index contributed by atoms with van der Waals surface area (Å²) in [6.07, 6.45) is 1.74. The minimum absolute atomic E-state index is 0.587. The minimum atomic E-state index is 0.587. The molecule has 0 bridgehead atoms. The van der Waals surface area contributed by atoms with Gasteiger partial charge in [0.1, 0.15) is 5.75 Å². The van der Waals surface area contributed by atoms with Crippen LogP contribution >= 0.6 is 11.6 Å². The highest BCUT2D eigenvalue weighted by Gasteiger charge is 2.11. The van der Waals surface area contributed by atoms with Gasteiger partial charge in [0.25, 0.3) is 0 Å². The van der Waals surface area contributed by atoms with Crippen molar-refractivity contribution in [3.63, 3.8) is 0 Å². The first-order valence-electron chi connectivity index (χ1n) is 6.79. The first kappa shape index (κ1) is 15.8. The standard InChI is InChI=1S/C16H19ClN2O2/c1-12-15(7-4-8-19-12)21-16-13(5-3-6-14(16)17)11-18-9-10-20-2/h3-8,18H,9-11H2,1-2H3. The number of hydrogen-bond donors (Lipinski definition) is 1. The molecule has 4 nitrogen and oxygen atoms in total. The monoisotopic (exact) mass is 306 g/mol. The third-order valence-corrected chi connectivity index (χ3v) is 3.32. The number of aromatic nitrogens is 1. The molecule has 1 aromatic carbocycles. The van der Waals surface area contributed by atoms with Crippen molar-refractivity contribution in [1.82, 2.24) is 10.3 Å². The van der Waals surface area contributed by atoms with Crippen LogP contribution in [0.25, 0.3) is 0 Å². The van der Waals surface area contributed by atoms with Crippen molar-refractivity contribution in [2.75, 3.05) is 20.3 Å². The Bertz CT molecular complexity index is 590. The lowest BCUT2D eigenvalue weighted by Gasteiger charge is -2.14. The number of halogens is 1. The molecule has 1 aromatic heterocycles. The Morgan fingerprint density at radius 3 is 2.86 bits per heavy atom. The third kappa shape index (κ3) is 4.43. The molecule has 0 saturated carbocycles. The number of para-hydroxylation sites is 1. The number of aryl methyl sites for hydroxylation is 1. The summed E-state index contributed by atoms with van der Waals surface area (Å²) in [7, 11) is 1.68. The van der Waals surface area contributed by atoms with Gasteiger partial charge in [0, 0.05) is 32.0 Å². The molecule has 112 valence electrons. The molecule has 0 saturated heterocycles. The average molecular weight is 307 g/mol. The largest absolute Gasteiger partial charge is 0.454 e. The van der Waals surface area contributed by atoms with E-state index in [1.165, 1.54) is 0 Å². The van der Waals surface area contributed by atoms with E-state index in [0.717, 1.165) is 17.8 Å². The van der Waals surface area contributed by atoms with Crippen LogP contribution in [0.4, 0.5) is 0 Å². The number of hydrogen-bond acceptors (Lipinski definition) is 4. The predicted molar refractivity (Wildman–Crippen MR) is 84.1 cm³/mol. The van der Waals surface area contributed by atoms with E-state index >= 15 is 0 Å². The lowest BCUT2D eigenvalue weighted by atomic mass is 10.2. The first-order chi connectivity index (χ1) is 10.2. The average Bonchev–Trinajstić information content (AvgIpc) is 2.49. The lowest BCUT2D eigenvalue weighted by Crippen LogP contribution is -2.18. The van der Waals surface area contributed by atoms with Gasteiger partial charge >= 0.3 is 0 Å². The van der Waals surface area contributed by atoms with Gasteiger partial charge < -0.3 is 14.8 Å². The van der Waals surface area contributed by atoms with Crippen LogP contribution in [-0.4, -0.2) is 25.2 Å². The highest BCUT2D eigenvalue weighted by Crippen LogP contribution is 2.33. The topological polar surface area (TPSA) is 43.4 Å². The molecule has 2 rings (SSSR count). The van der Waals surface area contributed by atoms with Crippen LogP contribution in [0.3, 0.4) is 0 Å². The molecule has 0 atom stereocenters. The van der Waals surface area contributed by atoms with Gasteiger partial charge in [-0.2, -0.15) is 0 Å². The maximum absolute atomic E-state index is 6.27. The summed E-state index contributed by atoms with van der Waals surface area (Å²) in [5, 5.41) is 3.88. The van der Waals surface area contributed by atoms with Crippen LogP contribution in [0.2, 0.25) is 5.02 Å². The summed E-state index contributed by atoms with van der Waals surface area (Å²) in [4.78, 5) is 4.22. The van der Waals surface area contributed by atoms with E-state index in [9.17, 15) is 0 Å². The number of nitrogens with zero attached hydrogens (tertiary/aromatic N) is 1. The number of methoxy groups -OCH3 is 1. The summed E-state index contributed by atoms with van der Waals surface area (Å²) < 4.78 is 11.0. The first-order valence-corrected chi connectivity index (χ1v) is 7.16. The third-order valence-electron chi connectivity index (χ3n) is 3.02. The molecule has 0 radical (unpaired) electrons.